The van der Waals surface area contributed by atoms with Crippen LogP contribution in [0, 0.1) is 0 Å². The van der Waals surface area contributed by atoms with Crippen LogP contribution in [0.3, 0.4) is 0 Å². The van der Waals surface area contributed by atoms with Crippen molar-refractivity contribution >= 4 is 63.4 Å². The largest absolute Gasteiger partial charge is 0.457 e. The number of hydrogen-bond donors (Lipinski definition) is 1. The lowest BCUT2D eigenvalue weighted by molar-refractivity contribution is -0.111. The molecule has 0 atom stereocenters. The zero-order valence-electron chi connectivity index (χ0n) is 18.4. The van der Waals surface area contributed by atoms with Crippen LogP contribution in [0.2, 0.25) is 15.1 Å². The number of furan rings is 1. The number of rotatable bonds is 5. The Morgan fingerprint density at radius 2 is 1.61 bits per heavy atom. The van der Waals surface area contributed by atoms with Crippen molar-refractivity contribution in [2.75, 3.05) is 5.32 Å². The molecular formula is C28H16Cl3NO4. The van der Waals surface area contributed by atoms with Crippen LogP contribution in [0.15, 0.2) is 98.6 Å². The number of nitrogens with one attached hydrogen (secondary N) is 1. The normalized spacial score (nSPS) is 11.3. The molecule has 5 rings (SSSR count). The van der Waals surface area contributed by atoms with Gasteiger partial charge in [0.1, 0.15) is 17.1 Å². The number of carbonyl (C=O) groups excluding carboxylic acids is 1. The molecule has 0 aliphatic rings. The Labute approximate surface area is 220 Å². The van der Waals surface area contributed by atoms with Crippen LogP contribution in [0.4, 0.5) is 5.69 Å². The molecule has 1 amide bonds. The number of amides is 1. The Morgan fingerprint density at radius 1 is 0.778 bits per heavy atom. The highest BCUT2D eigenvalue weighted by atomic mass is 35.5. The maximum atomic E-state index is 12.5. The first-order valence-corrected chi connectivity index (χ1v) is 11.9. The van der Waals surface area contributed by atoms with Crippen molar-refractivity contribution in [2.24, 2.45) is 0 Å². The quantitative estimate of drug-likeness (QED) is 0.181. The third-order valence-corrected chi connectivity index (χ3v) is 6.54. The summed E-state index contributed by atoms with van der Waals surface area (Å²) in [7, 11) is 0. The molecule has 2 aromatic heterocycles. The van der Waals surface area contributed by atoms with E-state index in [0.717, 1.165) is 5.39 Å². The molecule has 3 aromatic carbocycles. The van der Waals surface area contributed by atoms with Gasteiger partial charge >= 0.3 is 5.63 Å². The minimum atomic E-state index is -0.493. The second-order valence-electron chi connectivity index (χ2n) is 7.81. The summed E-state index contributed by atoms with van der Waals surface area (Å²) >= 11 is 18.8. The fraction of sp³-hybridized carbons (Fsp3) is 0. The maximum Gasteiger partial charge on any atom is 0.344 e. The number of para-hydroxylation sites is 1. The number of anilines is 1. The molecule has 5 nitrogen and oxygen atoms in total. The van der Waals surface area contributed by atoms with Crippen molar-refractivity contribution in [2.45, 2.75) is 0 Å². The second-order valence-corrected chi connectivity index (χ2v) is 9.00. The molecule has 0 saturated carbocycles. The minimum absolute atomic E-state index is 0.299. The standard InChI is InChI=1S/C28H16Cl3NO4/c29-22-6-3-5-20(27(22)31)25-12-9-18(35-25)10-13-26(33)32-17-8-11-19(23(30)15-17)21-14-16-4-1-2-7-24(16)36-28(21)34/h1-15H,(H,32,33)/b13-10+. The van der Waals surface area contributed by atoms with E-state index in [1.165, 1.54) is 12.2 Å². The summed E-state index contributed by atoms with van der Waals surface area (Å²) in [6.45, 7) is 0. The van der Waals surface area contributed by atoms with Gasteiger partial charge in [-0.05, 0) is 54.6 Å². The Balaban J connectivity index is 1.31. The predicted molar refractivity (Wildman–Crippen MR) is 145 cm³/mol. The van der Waals surface area contributed by atoms with E-state index in [2.05, 4.69) is 5.32 Å². The van der Waals surface area contributed by atoms with Gasteiger partial charge in [0, 0.05) is 28.3 Å². The van der Waals surface area contributed by atoms with Gasteiger partial charge in [-0.1, -0.05) is 65.1 Å². The zero-order chi connectivity index (χ0) is 25.2. The van der Waals surface area contributed by atoms with Crippen LogP contribution < -0.4 is 10.9 Å². The topological polar surface area (TPSA) is 72.5 Å². The van der Waals surface area contributed by atoms with Gasteiger partial charge in [-0.15, -0.1) is 0 Å². The molecule has 0 saturated heterocycles. The zero-order valence-corrected chi connectivity index (χ0v) is 20.7. The number of hydrogen-bond acceptors (Lipinski definition) is 4. The fourth-order valence-corrected chi connectivity index (χ4v) is 4.36. The van der Waals surface area contributed by atoms with Crippen LogP contribution in [0.5, 0.6) is 0 Å². The summed E-state index contributed by atoms with van der Waals surface area (Å²) in [5.41, 5.74) is 1.97. The third-order valence-electron chi connectivity index (χ3n) is 5.41. The van der Waals surface area contributed by atoms with Gasteiger partial charge in [-0.3, -0.25) is 4.79 Å². The molecule has 178 valence electrons. The molecule has 1 N–H and O–H groups in total. The van der Waals surface area contributed by atoms with Gasteiger partial charge in [0.05, 0.1) is 20.6 Å². The molecule has 0 spiro atoms. The SMILES string of the molecule is O=C(/C=C/c1ccc(-c2cccc(Cl)c2Cl)o1)Nc1ccc(-c2cc3ccccc3oc2=O)c(Cl)c1. The highest BCUT2D eigenvalue weighted by molar-refractivity contribution is 6.43. The van der Waals surface area contributed by atoms with Crippen molar-refractivity contribution in [1.82, 2.24) is 0 Å². The van der Waals surface area contributed by atoms with E-state index < -0.39 is 5.63 Å². The van der Waals surface area contributed by atoms with E-state index in [1.807, 2.05) is 12.1 Å². The summed E-state index contributed by atoms with van der Waals surface area (Å²) in [5.74, 6) is 0.610. The maximum absolute atomic E-state index is 12.5. The van der Waals surface area contributed by atoms with Gasteiger partial charge in [0.15, 0.2) is 0 Å². The molecule has 2 heterocycles. The highest BCUT2D eigenvalue weighted by Crippen LogP contribution is 2.34. The smallest absolute Gasteiger partial charge is 0.344 e. The summed E-state index contributed by atoms with van der Waals surface area (Å²) in [6.07, 6.45) is 2.87. The first kappa shape index (κ1) is 23.9. The first-order valence-electron chi connectivity index (χ1n) is 10.7. The summed E-state index contributed by atoms with van der Waals surface area (Å²) < 4.78 is 11.2. The molecule has 8 heteroatoms. The molecule has 36 heavy (non-hydrogen) atoms. The molecule has 5 aromatic rings. The average Bonchev–Trinajstić information content (AvgIpc) is 3.33. The summed E-state index contributed by atoms with van der Waals surface area (Å²) in [4.78, 5) is 24.9. The predicted octanol–water partition coefficient (Wildman–Crippen LogP) is 8.33. The Hall–Kier alpha value is -3.77. The number of fused-ring (bicyclic) bond motifs is 1. The van der Waals surface area contributed by atoms with E-state index in [-0.39, 0.29) is 5.91 Å². The van der Waals surface area contributed by atoms with Crippen LogP contribution in [-0.2, 0) is 4.79 Å². The Morgan fingerprint density at radius 3 is 2.44 bits per heavy atom. The number of halogens is 3. The number of carbonyl (C=O) groups is 1. The lowest BCUT2D eigenvalue weighted by Crippen LogP contribution is -2.08. The van der Waals surface area contributed by atoms with E-state index in [4.69, 9.17) is 43.6 Å². The van der Waals surface area contributed by atoms with E-state index in [1.54, 1.807) is 66.7 Å². The van der Waals surface area contributed by atoms with Crippen molar-refractivity contribution in [3.8, 4) is 22.5 Å². The molecule has 0 fully saturated rings. The molecule has 0 aliphatic carbocycles. The molecule has 0 bridgehead atoms. The van der Waals surface area contributed by atoms with Gasteiger partial charge in [0.2, 0.25) is 5.91 Å². The lowest BCUT2D eigenvalue weighted by Gasteiger charge is -2.08. The van der Waals surface area contributed by atoms with Gasteiger partial charge in [-0.25, -0.2) is 4.79 Å². The number of benzene rings is 3. The molecular weight excluding hydrogens is 521 g/mol. The summed E-state index contributed by atoms with van der Waals surface area (Å²) in [6, 6.07) is 22.6. The van der Waals surface area contributed by atoms with Crippen molar-refractivity contribution in [1.29, 1.82) is 0 Å². The van der Waals surface area contributed by atoms with Gasteiger partial charge < -0.3 is 14.2 Å². The first-order chi connectivity index (χ1) is 17.4. The van der Waals surface area contributed by atoms with Crippen molar-refractivity contribution in [3.05, 3.63) is 116 Å². The second kappa shape index (κ2) is 10.1. The van der Waals surface area contributed by atoms with E-state index >= 15 is 0 Å². The van der Waals surface area contributed by atoms with E-state index in [0.29, 0.717) is 54.5 Å². The lowest BCUT2D eigenvalue weighted by atomic mass is 10.1. The Bertz CT molecular complexity index is 1700. The van der Waals surface area contributed by atoms with Gasteiger partial charge in [0.25, 0.3) is 0 Å². The van der Waals surface area contributed by atoms with Crippen molar-refractivity contribution in [3.63, 3.8) is 0 Å². The third kappa shape index (κ3) is 4.95. The average molecular weight is 537 g/mol. The summed E-state index contributed by atoms with van der Waals surface area (Å²) in [5, 5.41) is 4.64. The van der Waals surface area contributed by atoms with Crippen LogP contribution in [0.25, 0.3) is 39.5 Å². The fourth-order valence-electron chi connectivity index (χ4n) is 3.68. The van der Waals surface area contributed by atoms with E-state index in [9.17, 15) is 9.59 Å². The highest BCUT2D eigenvalue weighted by Gasteiger charge is 2.13. The molecule has 0 aliphatic heterocycles. The molecule has 0 unspecified atom stereocenters. The van der Waals surface area contributed by atoms with Crippen LogP contribution in [0.1, 0.15) is 5.76 Å². The van der Waals surface area contributed by atoms with Crippen molar-refractivity contribution < 1.29 is 13.6 Å². The minimum Gasteiger partial charge on any atom is -0.457 e. The van der Waals surface area contributed by atoms with Crippen LogP contribution >= 0.6 is 34.8 Å². The van der Waals surface area contributed by atoms with Gasteiger partial charge in [-0.2, -0.15) is 0 Å². The van der Waals surface area contributed by atoms with Crippen LogP contribution in [-0.4, -0.2) is 5.91 Å². The molecule has 0 radical (unpaired) electrons. The Kier molecular flexibility index (Phi) is 6.70. The monoisotopic (exact) mass is 535 g/mol.